The number of nitrogens with one attached hydrogen (secondary N) is 1. The molecule has 0 amide bonds. The molecule has 5 aromatic rings. The van der Waals surface area contributed by atoms with E-state index in [1.54, 1.807) is 75.4 Å². The van der Waals surface area contributed by atoms with Gasteiger partial charge in [-0.2, -0.15) is 0 Å². The molecule has 3 aromatic carbocycles. The Morgan fingerprint density at radius 2 is 1.77 bits per heavy atom. The molecule has 2 aromatic heterocycles. The van der Waals surface area contributed by atoms with Gasteiger partial charge in [-0.25, -0.2) is 14.2 Å². The van der Waals surface area contributed by atoms with Crippen molar-refractivity contribution in [3.05, 3.63) is 116 Å². The lowest BCUT2D eigenvalue weighted by atomic mass is 9.95. The maximum atomic E-state index is 15.7. The van der Waals surface area contributed by atoms with E-state index in [4.69, 9.17) is 9.72 Å². The fraction of sp³-hybridized carbons (Fsp3) is 0.273. The summed E-state index contributed by atoms with van der Waals surface area (Å²) in [6.07, 6.45) is 1.42. The summed E-state index contributed by atoms with van der Waals surface area (Å²) in [4.78, 5) is 32.8. The highest BCUT2D eigenvalue weighted by molar-refractivity contribution is 5.80. The summed E-state index contributed by atoms with van der Waals surface area (Å²) in [5.41, 5.74) is 2.87. The second kappa shape index (κ2) is 12.2. The van der Waals surface area contributed by atoms with Gasteiger partial charge >= 0.3 is 5.76 Å². The number of aliphatic hydroxyl groups is 1. The Bertz CT molecular complexity index is 1870. The van der Waals surface area contributed by atoms with Crippen molar-refractivity contribution in [1.82, 2.24) is 19.7 Å². The predicted molar refractivity (Wildman–Crippen MR) is 161 cm³/mol. The zero-order valence-corrected chi connectivity index (χ0v) is 24.5. The van der Waals surface area contributed by atoms with E-state index in [0.717, 1.165) is 6.42 Å². The molecular weight excluding hydrogens is 551 g/mol. The Balaban J connectivity index is 1.51. The van der Waals surface area contributed by atoms with Crippen molar-refractivity contribution >= 4 is 0 Å². The van der Waals surface area contributed by atoms with Gasteiger partial charge in [-0.1, -0.05) is 54.9 Å². The molecule has 43 heavy (non-hydrogen) atoms. The van der Waals surface area contributed by atoms with E-state index in [1.165, 1.54) is 10.6 Å². The first-order chi connectivity index (χ1) is 20.6. The number of hydrogen-bond acceptors (Lipinski definition) is 7. The maximum absolute atomic E-state index is 15.7. The van der Waals surface area contributed by atoms with E-state index in [0.29, 0.717) is 57.2 Å². The minimum absolute atomic E-state index is 0.0672. The number of ether oxygens (including phenoxy) is 1. The number of rotatable bonds is 10. The van der Waals surface area contributed by atoms with Crippen molar-refractivity contribution in [3.63, 3.8) is 0 Å². The molecule has 2 heterocycles. The third-order valence-electron chi connectivity index (χ3n) is 7.14. The highest BCUT2D eigenvalue weighted by atomic mass is 19.1. The fourth-order valence-electron chi connectivity index (χ4n) is 4.99. The Hall–Kier alpha value is -4.83. The van der Waals surface area contributed by atoms with Gasteiger partial charge in [0.1, 0.15) is 23.0 Å². The predicted octanol–water partition coefficient (Wildman–Crippen LogP) is 5.38. The van der Waals surface area contributed by atoms with Gasteiger partial charge in [0.2, 0.25) is 0 Å². The van der Waals surface area contributed by atoms with Crippen LogP contribution in [0.1, 0.15) is 49.8 Å². The number of benzene rings is 3. The second-order valence-electron chi connectivity index (χ2n) is 11.0. The molecule has 0 spiro atoms. The van der Waals surface area contributed by atoms with Crippen molar-refractivity contribution in [2.45, 2.75) is 52.6 Å². The minimum Gasteiger partial charge on any atom is -0.485 e. The van der Waals surface area contributed by atoms with Crippen LogP contribution in [0.2, 0.25) is 0 Å². The summed E-state index contributed by atoms with van der Waals surface area (Å²) >= 11 is 0. The van der Waals surface area contributed by atoms with Crippen LogP contribution in [0.15, 0.2) is 80.8 Å². The fourth-order valence-corrected chi connectivity index (χ4v) is 4.99. The van der Waals surface area contributed by atoms with Crippen molar-refractivity contribution < 1.29 is 18.8 Å². The largest absolute Gasteiger partial charge is 0.485 e. The van der Waals surface area contributed by atoms with Crippen LogP contribution in [-0.2, 0) is 12.8 Å². The monoisotopic (exact) mass is 584 g/mol. The van der Waals surface area contributed by atoms with Gasteiger partial charge in [-0.05, 0) is 74.2 Å². The SMILES string of the molecule is CCCc1nc(C)n(-c2ccc(OC(C)(C)CO)cc2)c(=O)c1Cc1ccc(-c2ccccc2-c2noc(=O)[nH]2)cc1F. The Morgan fingerprint density at radius 3 is 2.40 bits per heavy atom. The van der Waals surface area contributed by atoms with Gasteiger partial charge in [0.05, 0.1) is 18.0 Å². The third-order valence-corrected chi connectivity index (χ3v) is 7.14. The van der Waals surface area contributed by atoms with Crippen LogP contribution in [-0.4, -0.2) is 37.0 Å². The molecule has 0 aliphatic heterocycles. The molecule has 0 unspecified atom stereocenters. The summed E-state index contributed by atoms with van der Waals surface area (Å²) in [7, 11) is 0. The Morgan fingerprint density at radius 1 is 1.05 bits per heavy atom. The van der Waals surface area contributed by atoms with Crippen LogP contribution in [0.25, 0.3) is 28.2 Å². The lowest BCUT2D eigenvalue weighted by Gasteiger charge is -2.24. The zero-order chi connectivity index (χ0) is 30.7. The summed E-state index contributed by atoms with van der Waals surface area (Å²) < 4.78 is 27.7. The number of halogens is 1. The highest BCUT2D eigenvalue weighted by Gasteiger charge is 2.20. The van der Waals surface area contributed by atoms with Gasteiger partial charge in [-0.15, -0.1) is 0 Å². The topological polar surface area (TPSA) is 123 Å². The molecule has 2 N–H and O–H groups in total. The number of aromatic nitrogens is 4. The van der Waals surface area contributed by atoms with E-state index < -0.39 is 17.2 Å². The van der Waals surface area contributed by atoms with Gasteiger partial charge in [-0.3, -0.25) is 18.9 Å². The molecule has 0 aliphatic carbocycles. The second-order valence-corrected chi connectivity index (χ2v) is 11.0. The molecule has 0 saturated heterocycles. The normalized spacial score (nSPS) is 11.6. The van der Waals surface area contributed by atoms with Crippen LogP contribution < -0.4 is 16.1 Å². The molecule has 0 saturated carbocycles. The van der Waals surface area contributed by atoms with E-state index >= 15 is 4.39 Å². The molecule has 0 bridgehead atoms. The van der Waals surface area contributed by atoms with E-state index in [2.05, 4.69) is 14.7 Å². The van der Waals surface area contributed by atoms with E-state index in [1.807, 2.05) is 13.0 Å². The van der Waals surface area contributed by atoms with E-state index in [9.17, 15) is 14.7 Å². The summed E-state index contributed by atoms with van der Waals surface area (Å²) in [5, 5.41) is 13.3. The van der Waals surface area contributed by atoms with Crippen molar-refractivity contribution in [3.8, 4) is 34.0 Å². The van der Waals surface area contributed by atoms with Crippen molar-refractivity contribution in [1.29, 1.82) is 0 Å². The quantitative estimate of drug-likeness (QED) is 0.226. The molecule has 0 radical (unpaired) electrons. The number of H-pyrrole nitrogens is 1. The molecule has 10 heteroatoms. The molecule has 0 fully saturated rings. The Kier molecular flexibility index (Phi) is 8.40. The number of aryl methyl sites for hydroxylation is 2. The molecular formula is C33H33FN4O5. The van der Waals surface area contributed by atoms with Gasteiger partial charge < -0.3 is 9.84 Å². The molecule has 9 nitrogen and oxygen atoms in total. The smallest absolute Gasteiger partial charge is 0.439 e. The van der Waals surface area contributed by atoms with Crippen LogP contribution >= 0.6 is 0 Å². The number of aromatic amines is 1. The average molecular weight is 585 g/mol. The maximum Gasteiger partial charge on any atom is 0.439 e. The first-order valence-electron chi connectivity index (χ1n) is 14.1. The zero-order valence-electron chi connectivity index (χ0n) is 24.5. The molecule has 222 valence electrons. The highest BCUT2D eigenvalue weighted by Crippen LogP contribution is 2.31. The summed E-state index contributed by atoms with van der Waals surface area (Å²) in [6, 6.07) is 19.0. The first kappa shape index (κ1) is 29.7. The van der Waals surface area contributed by atoms with Gasteiger partial charge in [0.25, 0.3) is 5.56 Å². The minimum atomic E-state index is -0.748. The Labute approximate surface area is 247 Å². The van der Waals surface area contributed by atoms with E-state index in [-0.39, 0.29) is 24.4 Å². The summed E-state index contributed by atoms with van der Waals surface area (Å²) in [6.45, 7) is 7.20. The van der Waals surface area contributed by atoms with Gasteiger partial charge in [0.15, 0.2) is 5.82 Å². The average Bonchev–Trinajstić information content (AvgIpc) is 3.42. The molecule has 0 atom stereocenters. The molecule has 5 rings (SSSR count). The van der Waals surface area contributed by atoms with Crippen LogP contribution in [0, 0.1) is 12.7 Å². The molecule has 0 aliphatic rings. The standard InChI is InChI=1S/C33H33FN4O5/c1-5-8-29-27(31(40)38(20(2)35-29)23-13-15-24(16-14-23)42-33(3,4)19-39)17-22-12-11-21(18-28(22)34)25-9-6-7-10-26(25)30-36-32(41)43-37-30/h6-7,9-16,18,39H,5,8,17,19H2,1-4H3,(H,36,37,41). The first-order valence-corrected chi connectivity index (χ1v) is 14.1. The number of hydrogen-bond donors (Lipinski definition) is 2. The van der Waals surface area contributed by atoms with Gasteiger partial charge in [0, 0.05) is 17.5 Å². The number of nitrogens with zero attached hydrogens (tertiary/aromatic N) is 3. The van der Waals surface area contributed by atoms with Crippen molar-refractivity contribution in [2.75, 3.05) is 6.61 Å². The van der Waals surface area contributed by atoms with Crippen LogP contribution in [0.4, 0.5) is 4.39 Å². The van der Waals surface area contributed by atoms with Crippen LogP contribution in [0.3, 0.4) is 0 Å². The lowest BCUT2D eigenvalue weighted by molar-refractivity contribution is 0.0412. The summed E-state index contributed by atoms with van der Waals surface area (Å²) in [5.74, 6) is 0.185. The van der Waals surface area contributed by atoms with Crippen LogP contribution in [0.5, 0.6) is 5.75 Å². The lowest BCUT2D eigenvalue weighted by Crippen LogP contribution is -2.32. The number of aliphatic hydroxyl groups excluding tert-OH is 1. The van der Waals surface area contributed by atoms with Crippen molar-refractivity contribution in [2.24, 2.45) is 0 Å². The third kappa shape index (κ3) is 6.34.